The molecule has 1 heterocycles. The molecule has 0 saturated heterocycles. The van der Waals surface area contributed by atoms with Crippen molar-refractivity contribution in [3.05, 3.63) is 106 Å². The zero-order valence-electron chi connectivity index (χ0n) is 17.9. The minimum Gasteiger partial charge on any atom is -0.454 e. The normalized spacial score (nSPS) is 12.4. The van der Waals surface area contributed by atoms with Crippen LogP contribution in [0.3, 0.4) is 0 Å². The second-order valence-corrected chi connectivity index (χ2v) is 8.48. The molecule has 2 amide bonds. The molecule has 0 fully saturated rings. The van der Waals surface area contributed by atoms with Crippen LogP contribution in [-0.4, -0.2) is 18.6 Å². The average Bonchev–Trinajstić information content (AvgIpc) is 3.32. The summed E-state index contributed by atoms with van der Waals surface area (Å²) in [7, 11) is 0. The SMILES string of the molecule is O=C(Nc1ccc2ccccc2c1)C(=Cc1ccc2c(c1)OCO2)NC(=O)c1ccccc1Br. The van der Waals surface area contributed by atoms with Crippen molar-refractivity contribution in [2.24, 2.45) is 0 Å². The fraction of sp³-hybridized carbons (Fsp3) is 0.0370. The second-order valence-electron chi connectivity index (χ2n) is 7.62. The Morgan fingerprint density at radius 3 is 2.44 bits per heavy atom. The zero-order valence-corrected chi connectivity index (χ0v) is 19.5. The predicted octanol–water partition coefficient (Wildman–Crippen LogP) is 5.74. The molecule has 0 spiro atoms. The van der Waals surface area contributed by atoms with Crippen molar-refractivity contribution in [3.8, 4) is 11.5 Å². The van der Waals surface area contributed by atoms with Crippen LogP contribution in [0.1, 0.15) is 15.9 Å². The highest BCUT2D eigenvalue weighted by Gasteiger charge is 2.18. The number of amides is 2. The van der Waals surface area contributed by atoms with Gasteiger partial charge in [-0.15, -0.1) is 0 Å². The number of anilines is 1. The van der Waals surface area contributed by atoms with E-state index in [9.17, 15) is 9.59 Å². The third-order valence-corrected chi connectivity index (χ3v) is 6.02. The first-order chi connectivity index (χ1) is 16.6. The summed E-state index contributed by atoms with van der Waals surface area (Å²) in [5.41, 5.74) is 1.81. The van der Waals surface area contributed by atoms with Gasteiger partial charge in [0.15, 0.2) is 11.5 Å². The third kappa shape index (κ3) is 4.65. The van der Waals surface area contributed by atoms with Crippen molar-refractivity contribution in [2.45, 2.75) is 0 Å². The van der Waals surface area contributed by atoms with Crippen LogP contribution in [0.5, 0.6) is 11.5 Å². The molecule has 7 heteroatoms. The average molecular weight is 515 g/mol. The highest BCUT2D eigenvalue weighted by atomic mass is 79.9. The predicted molar refractivity (Wildman–Crippen MR) is 135 cm³/mol. The number of nitrogens with one attached hydrogen (secondary N) is 2. The van der Waals surface area contributed by atoms with Crippen molar-refractivity contribution in [1.82, 2.24) is 5.32 Å². The molecule has 0 aliphatic carbocycles. The van der Waals surface area contributed by atoms with Gasteiger partial charge in [0.2, 0.25) is 6.79 Å². The lowest BCUT2D eigenvalue weighted by molar-refractivity contribution is -0.113. The van der Waals surface area contributed by atoms with E-state index in [1.54, 1.807) is 42.5 Å². The molecule has 0 aromatic heterocycles. The number of rotatable bonds is 5. The van der Waals surface area contributed by atoms with E-state index in [1.807, 2.05) is 48.5 Å². The Kier molecular flexibility index (Phi) is 6.01. The first kappa shape index (κ1) is 21.7. The minimum absolute atomic E-state index is 0.0905. The topological polar surface area (TPSA) is 76.7 Å². The zero-order chi connectivity index (χ0) is 23.5. The second kappa shape index (κ2) is 9.41. The maximum Gasteiger partial charge on any atom is 0.272 e. The highest BCUT2D eigenvalue weighted by Crippen LogP contribution is 2.33. The lowest BCUT2D eigenvalue weighted by Crippen LogP contribution is -2.31. The summed E-state index contributed by atoms with van der Waals surface area (Å²) in [6.45, 7) is 0.149. The molecule has 0 bridgehead atoms. The van der Waals surface area contributed by atoms with E-state index < -0.39 is 11.8 Å². The summed E-state index contributed by atoms with van der Waals surface area (Å²) in [5.74, 6) is 0.359. The van der Waals surface area contributed by atoms with E-state index in [0.29, 0.717) is 32.8 Å². The molecular formula is C27H19BrN2O4. The Labute approximate surface area is 204 Å². The first-order valence-corrected chi connectivity index (χ1v) is 11.3. The number of halogens is 1. The Morgan fingerprint density at radius 1 is 0.824 bits per heavy atom. The van der Waals surface area contributed by atoms with Gasteiger partial charge in [0.25, 0.3) is 11.8 Å². The van der Waals surface area contributed by atoms with Gasteiger partial charge in [-0.1, -0.05) is 48.5 Å². The lowest BCUT2D eigenvalue weighted by atomic mass is 10.1. The number of hydrogen-bond acceptors (Lipinski definition) is 4. The van der Waals surface area contributed by atoms with Crippen LogP contribution in [0.2, 0.25) is 0 Å². The Hall–Kier alpha value is -4.10. The van der Waals surface area contributed by atoms with Crippen molar-refractivity contribution in [3.63, 3.8) is 0 Å². The quantitative estimate of drug-likeness (QED) is 0.333. The molecule has 2 N–H and O–H groups in total. The number of carbonyl (C=O) groups excluding carboxylic acids is 2. The van der Waals surface area contributed by atoms with Gasteiger partial charge in [-0.3, -0.25) is 9.59 Å². The highest BCUT2D eigenvalue weighted by molar-refractivity contribution is 9.10. The number of benzene rings is 4. The van der Waals surface area contributed by atoms with Crippen molar-refractivity contribution >= 4 is 50.3 Å². The van der Waals surface area contributed by atoms with E-state index >= 15 is 0 Å². The van der Waals surface area contributed by atoms with E-state index in [2.05, 4.69) is 26.6 Å². The molecule has 5 rings (SSSR count). The summed E-state index contributed by atoms with van der Waals surface area (Å²) in [6, 6.07) is 25.9. The van der Waals surface area contributed by atoms with Crippen LogP contribution in [-0.2, 0) is 4.79 Å². The molecule has 34 heavy (non-hydrogen) atoms. The fourth-order valence-corrected chi connectivity index (χ4v) is 4.09. The molecule has 1 aliphatic rings. The summed E-state index contributed by atoms with van der Waals surface area (Å²) < 4.78 is 11.4. The van der Waals surface area contributed by atoms with Crippen LogP contribution in [0, 0.1) is 0 Å². The van der Waals surface area contributed by atoms with Gasteiger partial charge < -0.3 is 20.1 Å². The molecule has 0 atom stereocenters. The number of fused-ring (bicyclic) bond motifs is 2. The van der Waals surface area contributed by atoms with Gasteiger partial charge in [-0.25, -0.2) is 0 Å². The van der Waals surface area contributed by atoms with E-state index in [0.717, 1.165) is 10.8 Å². The maximum atomic E-state index is 13.3. The first-order valence-electron chi connectivity index (χ1n) is 10.5. The van der Waals surface area contributed by atoms with Crippen molar-refractivity contribution in [2.75, 3.05) is 12.1 Å². The molecule has 4 aromatic rings. The molecule has 168 valence electrons. The summed E-state index contributed by atoms with van der Waals surface area (Å²) in [4.78, 5) is 26.3. The van der Waals surface area contributed by atoms with Gasteiger partial charge in [-0.2, -0.15) is 0 Å². The summed E-state index contributed by atoms with van der Waals surface area (Å²) in [5, 5.41) is 7.71. The van der Waals surface area contributed by atoms with Crippen molar-refractivity contribution in [1.29, 1.82) is 0 Å². The van der Waals surface area contributed by atoms with Crippen molar-refractivity contribution < 1.29 is 19.1 Å². The summed E-state index contributed by atoms with van der Waals surface area (Å²) >= 11 is 3.39. The number of hydrogen-bond donors (Lipinski definition) is 2. The minimum atomic E-state index is -0.451. The van der Waals surface area contributed by atoms with E-state index in [-0.39, 0.29) is 12.5 Å². The van der Waals surface area contributed by atoms with Crippen LogP contribution < -0.4 is 20.1 Å². The van der Waals surface area contributed by atoms with Crippen LogP contribution in [0.25, 0.3) is 16.8 Å². The molecule has 4 aromatic carbocycles. The largest absolute Gasteiger partial charge is 0.454 e. The molecular weight excluding hydrogens is 496 g/mol. The van der Waals surface area contributed by atoms with Gasteiger partial charge in [0.05, 0.1) is 5.56 Å². The Bertz CT molecular complexity index is 1450. The molecule has 6 nitrogen and oxygen atoms in total. The molecule has 0 saturated carbocycles. The smallest absolute Gasteiger partial charge is 0.272 e. The lowest BCUT2D eigenvalue weighted by Gasteiger charge is -2.13. The standard InChI is InChI=1S/C27H19BrN2O4/c28-22-8-4-3-7-21(22)26(31)30-23(13-17-9-12-24-25(14-17)34-16-33-24)27(32)29-20-11-10-18-5-1-2-6-19(18)15-20/h1-15H,16H2,(H,29,32)(H,30,31). The molecule has 1 aliphatic heterocycles. The Morgan fingerprint density at radius 2 is 1.59 bits per heavy atom. The van der Waals surface area contributed by atoms with Crippen LogP contribution in [0.4, 0.5) is 5.69 Å². The number of carbonyl (C=O) groups is 2. The fourth-order valence-electron chi connectivity index (χ4n) is 3.63. The Balaban J connectivity index is 1.46. The molecule has 0 radical (unpaired) electrons. The van der Waals surface area contributed by atoms with Gasteiger partial charge >= 0.3 is 0 Å². The maximum absolute atomic E-state index is 13.3. The third-order valence-electron chi connectivity index (χ3n) is 5.33. The van der Waals surface area contributed by atoms with Gasteiger partial charge in [0.1, 0.15) is 5.70 Å². The number of ether oxygens (including phenoxy) is 2. The van der Waals surface area contributed by atoms with Gasteiger partial charge in [0, 0.05) is 10.2 Å². The van der Waals surface area contributed by atoms with E-state index in [1.165, 1.54) is 0 Å². The molecule has 0 unspecified atom stereocenters. The van der Waals surface area contributed by atoms with Crippen LogP contribution in [0.15, 0.2) is 95.1 Å². The van der Waals surface area contributed by atoms with E-state index in [4.69, 9.17) is 9.47 Å². The van der Waals surface area contributed by atoms with Gasteiger partial charge in [-0.05, 0) is 74.7 Å². The summed E-state index contributed by atoms with van der Waals surface area (Å²) in [6.07, 6.45) is 1.60. The van der Waals surface area contributed by atoms with Crippen LogP contribution >= 0.6 is 15.9 Å². The monoisotopic (exact) mass is 514 g/mol.